The van der Waals surface area contributed by atoms with Crippen LogP contribution in [0.25, 0.3) is 0 Å². The van der Waals surface area contributed by atoms with E-state index in [4.69, 9.17) is 0 Å². The lowest BCUT2D eigenvalue weighted by molar-refractivity contribution is -0.109. The van der Waals surface area contributed by atoms with Crippen LogP contribution in [0.5, 0.6) is 5.75 Å². The third-order valence-corrected chi connectivity index (χ3v) is 3.35. The Morgan fingerprint density at radius 1 is 1.37 bits per heavy atom. The van der Waals surface area contributed by atoms with Gasteiger partial charge in [0.15, 0.2) is 16.7 Å². The van der Waals surface area contributed by atoms with Crippen LogP contribution in [-0.4, -0.2) is 34.3 Å². The number of aliphatic hydroxyl groups excluding tert-OH is 2. The van der Waals surface area contributed by atoms with E-state index in [1.165, 1.54) is 14.0 Å². The number of carbonyl (C=O) groups is 1. The maximum absolute atomic E-state index is 13.7. The van der Waals surface area contributed by atoms with Gasteiger partial charge in [0, 0.05) is 18.2 Å². The predicted octanol–water partition coefficient (Wildman–Crippen LogP) is 1.65. The number of benzene rings is 1. The summed E-state index contributed by atoms with van der Waals surface area (Å²) >= 11 is 0.790. The molecule has 106 valence electrons. The molecule has 0 radical (unpaired) electrons. The van der Waals surface area contributed by atoms with E-state index in [-0.39, 0.29) is 22.2 Å². The van der Waals surface area contributed by atoms with Gasteiger partial charge in [-0.3, -0.25) is 4.79 Å². The van der Waals surface area contributed by atoms with Crippen molar-refractivity contribution in [1.29, 1.82) is 0 Å². The Bertz CT molecular complexity index is 467. The van der Waals surface area contributed by atoms with Crippen molar-refractivity contribution < 1.29 is 28.5 Å². The second kappa shape index (κ2) is 6.83. The lowest BCUT2D eigenvalue weighted by atomic mass is 10.0. The van der Waals surface area contributed by atoms with E-state index in [0.29, 0.717) is 0 Å². The summed E-state index contributed by atoms with van der Waals surface area (Å²) in [5.41, 5.74) is -0.380. The van der Waals surface area contributed by atoms with Crippen molar-refractivity contribution in [2.45, 2.75) is 19.1 Å². The Hall–Kier alpha value is -1.18. The third-order valence-electron chi connectivity index (χ3n) is 2.44. The minimum atomic E-state index is -1.62. The summed E-state index contributed by atoms with van der Waals surface area (Å²) in [7, 11) is 1.19. The maximum Gasteiger partial charge on any atom is 0.200 e. The van der Waals surface area contributed by atoms with Gasteiger partial charge >= 0.3 is 0 Å². The number of hydrogen-bond donors (Lipinski definition) is 2. The molecule has 2 unspecified atom stereocenters. The number of hydrogen-bond acceptors (Lipinski definition) is 5. The van der Waals surface area contributed by atoms with Crippen LogP contribution in [0.3, 0.4) is 0 Å². The molecule has 2 N–H and O–H groups in total. The summed E-state index contributed by atoms with van der Waals surface area (Å²) in [5.74, 6) is -2.91. The number of thioether (sulfide) groups is 1. The number of halogens is 2. The zero-order valence-electron chi connectivity index (χ0n) is 10.4. The number of aliphatic hydroxyl groups is 2. The minimum absolute atomic E-state index is 0.108. The molecule has 7 heteroatoms. The summed E-state index contributed by atoms with van der Waals surface area (Å²) in [5, 5.41) is 19.1. The van der Waals surface area contributed by atoms with Crippen LogP contribution in [0.15, 0.2) is 12.1 Å². The minimum Gasteiger partial charge on any atom is -0.494 e. The van der Waals surface area contributed by atoms with Crippen LogP contribution in [0, 0.1) is 11.6 Å². The molecule has 4 nitrogen and oxygen atoms in total. The first-order valence-electron chi connectivity index (χ1n) is 5.39. The highest BCUT2D eigenvalue weighted by molar-refractivity contribution is 8.13. The number of ether oxygens (including phenoxy) is 1. The Balaban J connectivity index is 2.90. The number of rotatable bonds is 5. The van der Waals surface area contributed by atoms with E-state index in [9.17, 15) is 23.8 Å². The molecule has 0 aliphatic rings. The molecule has 0 aliphatic heterocycles. The fourth-order valence-corrected chi connectivity index (χ4v) is 2.02. The zero-order valence-corrected chi connectivity index (χ0v) is 11.2. The largest absolute Gasteiger partial charge is 0.494 e. The first kappa shape index (κ1) is 15.9. The van der Waals surface area contributed by atoms with Crippen LogP contribution >= 0.6 is 11.8 Å². The molecular formula is C12H14F2O4S. The van der Waals surface area contributed by atoms with Gasteiger partial charge in [-0.25, -0.2) is 4.39 Å². The molecule has 0 saturated carbocycles. The highest BCUT2D eigenvalue weighted by atomic mass is 32.2. The maximum atomic E-state index is 13.7. The molecule has 0 bridgehead atoms. The predicted molar refractivity (Wildman–Crippen MR) is 67.0 cm³/mol. The second-order valence-electron chi connectivity index (χ2n) is 3.80. The molecule has 1 aromatic carbocycles. The standard InChI is InChI=1S/C12H14F2O4S/c1-6(15)19-5-8(16)12(17)7-3-4-9(18-2)11(14)10(7)13/h3-4,8,12,16-17H,5H2,1-2H3. The van der Waals surface area contributed by atoms with Crippen LogP contribution in [-0.2, 0) is 4.79 Å². The monoisotopic (exact) mass is 292 g/mol. The molecule has 19 heavy (non-hydrogen) atoms. The molecule has 1 rings (SSSR count). The molecular weight excluding hydrogens is 278 g/mol. The smallest absolute Gasteiger partial charge is 0.200 e. The van der Waals surface area contributed by atoms with Crippen molar-refractivity contribution in [1.82, 2.24) is 0 Å². The van der Waals surface area contributed by atoms with Gasteiger partial charge in [-0.15, -0.1) is 0 Å². The molecule has 0 saturated heterocycles. The summed E-state index contributed by atoms with van der Waals surface area (Å²) in [6, 6.07) is 2.28. The molecule has 0 fully saturated rings. The number of methoxy groups -OCH3 is 1. The highest BCUT2D eigenvalue weighted by Crippen LogP contribution is 2.28. The van der Waals surface area contributed by atoms with Crippen LogP contribution in [0.2, 0.25) is 0 Å². The van der Waals surface area contributed by atoms with Crippen molar-refractivity contribution in [3.8, 4) is 5.75 Å². The fraction of sp³-hybridized carbons (Fsp3) is 0.417. The topological polar surface area (TPSA) is 66.8 Å². The molecule has 0 heterocycles. The van der Waals surface area contributed by atoms with Crippen molar-refractivity contribution in [3.63, 3.8) is 0 Å². The van der Waals surface area contributed by atoms with Gasteiger partial charge < -0.3 is 14.9 Å². The third kappa shape index (κ3) is 3.89. The van der Waals surface area contributed by atoms with Gasteiger partial charge in [0.1, 0.15) is 6.10 Å². The molecule has 0 aromatic heterocycles. The van der Waals surface area contributed by atoms with Gasteiger partial charge in [0.05, 0.1) is 13.2 Å². The normalized spacial score (nSPS) is 14.0. The highest BCUT2D eigenvalue weighted by Gasteiger charge is 2.25. The van der Waals surface area contributed by atoms with Crippen molar-refractivity contribution in [3.05, 3.63) is 29.3 Å². The van der Waals surface area contributed by atoms with Gasteiger partial charge in [0.2, 0.25) is 5.82 Å². The van der Waals surface area contributed by atoms with Gasteiger partial charge in [-0.2, -0.15) is 4.39 Å². The van der Waals surface area contributed by atoms with E-state index < -0.39 is 23.8 Å². The summed E-state index contributed by atoms with van der Waals surface area (Å²) in [6.45, 7) is 1.30. The molecule has 2 atom stereocenters. The van der Waals surface area contributed by atoms with E-state index in [2.05, 4.69) is 4.74 Å². The first-order valence-corrected chi connectivity index (χ1v) is 6.38. The average Bonchev–Trinajstić information content (AvgIpc) is 2.38. The quantitative estimate of drug-likeness (QED) is 0.863. The van der Waals surface area contributed by atoms with Gasteiger partial charge in [-0.05, 0) is 12.1 Å². The van der Waals surface area contributed by atoms with Crippen LogP contribution in [0.1, 0.15) is 18.6 Å². The van der Waals surface area contributed by atoms with Crippen molar-refractivity contribution in [2.75, 3.05) is 12.9 Å². The lowest BCUT2D eigenvalue weighted by Crippen LogP contribution is -2.22. The SMILES string of the molecule is COc1ccc(C(O)C(O)CSC(C)=O)c(F)c1F. The Kier molecular flexibility index (Phi) is 5.71. The van der Waals surface area contributed by atoms with E-state index >= 15 is 0 Å². The lowest BCUT2D eigenvalue weighted by Gasteiger charge is -2.18. The Labute approximate surface area is 113 Å². The second-order valence-corrected chi connectivity index (χ2v) is 5.00. The molecule has 0 spiro atoms. The fourth-order valence-electron chi connectivity index (χ4n) is 1.43. The Morgan fingerprint density at radius 3 is 2.53 bits per heavy atom. The summed E-state index contributed by atoms with van der Waals surface area (Å²) in [4.78, 5) is 10.7. The molecule has 0 aliphatic carbocycles. The van der Waals surface area contributed by atoms with Crippen molar-refractivity contribution in [2.24, 2.45) is 0 Å². The van der Waals surface area contributed by atoms with Gasteiger partial charge in [0.25, 0.3) is 0 Å². The van der Waals surface area contributed by atoms with Crippen LogP contribution < -0.4 is 4.74 Å². The van der Waals surface area contributed by atoms with Crippen molar-refractivity contribution >= 4 is 16.9 Å². The summed E-state index contributed by atoms with van der Waals surface area (Å²) in [6.07, 6.45) is -3.00. The molecule has 1 aromatic rings. The zero-order chi connectivity index (χ0) is 14.6. The molecule has 0 amide bonds. The van der Waals surface area contributed by atoms with E-state index in [1.54, 1.807) is 0 Å². The number of carbonyl (C=O) groups excluding carboxylic acids is 1. The first-order chi connectivity index (χ1) is 8.88. The van der Waals surface area contributed by atoms with E-state index in [0.717, 1.165) is 23.9 Å². The van der Waals surface area contributed by atoms with Crippen LogP contribution in [0.4, 0.5) is 8.78 Å². The average molecular weight is 292 g/mol. The Morgan fingerprint density at radius 2 is 2.00 bits per heavy atom. The summed E-state index contributed by atoms with van der Waals surface area (Å²) < 4.78 is 31.7. The van der Waals surface area contributed by atoms with E-state index in [1.807, 2.05) is 0 Å². The van der Waals surface area contributed by atoms with Gasteiger partial charge in [-0.1, -0.05) is 11.8 Å².